The van der Waals surface area contributed by atoms with Gasteiger partial charge in [-0.05, 0) is 31.2 Å². The van der Waals surface area contributed by atoms with Crippen molar-refractivity contribution in [1.82, 2.24) is 25.3 Å². The van der Waals surface area contributed by atoms with Crippen molar-refractivity contribution in [2.45, 2.75) is 44.7 Å². The zero-order chi connectivity index (χ0) is 20.4. The molecule has 0 aromatic carbocycles. The van der Waals surface area contributed by atoms with Gasteiger partial charge < -0.3 is 10.1 Å². The van der Waals surface area contributed by atoms with Gasteiger partial charge in [-0.1, -0.05) is 18.1 Å². The van der Waals surface area contributed by atoms with Crippen molar-refractivity contribution in [3.05, 3.63) is 39.3 Å². The minimum absolute atomic E-state index is 0.0526. The SMILES string of the molecule is COC(=O)c1cn([C@H]2CCCC[C@H]2NC(=O)c2sc(-c3ccsc3)nc2C)nn1. The molecule has 1 amide bonds. The lowest BCUT2D eigenvalue weighted by Gasteiger charge is -2.31. The van der Waals surface area contributed by atoms with Crippen LogP contribution in [0.4, 0.5) is 0 Å². The average molecular weight is 432 g/mol. The number of aromatic nitrogens is 4. The Morgan fingerprint density at radius 2 is 2.14 bits per heavy atom. The summed E-state index contributed by atoms with van der Waals surface area (Å²) in [4.78, 5) is 29.9. The van der Waals surface area contributed by atoms with Gasteiger partial charge in [-0.3, -0.25) is 4.79 Å². The minimum atomic E-state index is -0.520. The maximum absolute atomic E-state index is 13.0. The van der Waals surface area contributed by atoms with E-state index in [-0.39, 0.29) is 23.7 Å². The third kappa shape index (κ3) is 4.08. The van der Waals surface area contributed by atoms with E-state index in [0.717, 1.165) is 41.9 Å². The highest BCUT2D eigenvalue weighted by Gasteiger charge is 2.31. The van der Waals surface area contributed by atoms with Crippen LogP contribution in [0.1, 0.15) is 57.6 Å². The number of nitrogens with zero attached hydrogens (tertiary/aromatic N) is 4. The van der Waals surface area contributed by atoms with E-state index in [4.69, 9.17) is 4.74 Å². The summed E-state index contributed by atoms with van der Waals surface area (Å²) in [5.41, 5.74) is 1.94. The van der Waals surface area contributed by atoms with Gasteiger partial charge in [0.2, 0.25) is 0 Å². The average Bonchev–Trinajstić information content (AvgIpc) is 3.48. The fourth-order valence-corrected chi connectivity index (χ4v) is 5.26. The Morgan fingerprint density at radius 1 is 1.31 bits per heavy atom. The number of aryl methyl sites for hydroxylation is 1. The molecule has 0 bridgehead atoms. The molecule has 0 radical (unpaired) electrons. The van der Waals surface area contributed by atoms with Crippen molar-refractivity contribution in [3.8, 4) is 10.6 Å². The van der Waals surface area contributed by atoms with Crippen LogP contribution in [0, 0.1) is 6.92 Å². The highest BCUT2D eigenvalue weighted by molar-refractivity contribution is 7.17. The van der Waals surface area contributed by atoms with Crippen LogP contribution in [-0.4, -0.2) is 45.0 Å². The van der Waals surface area contributed by atoms with Gasteiger partial charge >= 0.3 is 5.97 Å². The molecule has 3 aromatic heterocycles. The Bertz CT molecular complexity index is 1010. The van der Waals surface area contributed by atoms with Gasteiger partial charge in [0.25, 0.3) is 5.91 Å². The first-order valence-corrected chi connectivity index (χ1v) is 11.1. The Labute approximate surface area is 175 Å². The van der Waals surface area contributed by atoms with E-state index in [2.05, 4.69) is 20.6 Å². The van der Waals surface area contributed by atoms with Gasteiger partial charge in [0.1, 0.15) is 9.88 Å². The van der Waals surface area contributed by atoms with Crippen molar-refractivity contribution < 1.29 is 14.3 Å². The number of thiazole rings is 1. The van der Waals surface area contributed by atoms with Crippen molar-refractivity contribution >= 4 is 34.6 Å². The molecule has 0 aliphatic heterocycles. The second-order valence-electron chi connectivity index (χ2n) is 6.95. The van der Waals surface area contributed by atoms with Crippen LogP contribution >= 0.6 is 22.7 Å². The smallest absolute Gasteiger partial charge is 0.360 e. The highest BCUT2D eigenvalue weighted by atomic mass is 32.1. The number of rotatable bonds is 5. The number of amides is 1. The van der Waals surface area contributed by atoms with Gasteiger partial charge in [-0.2, -0.15) is 11.3 Å². The summed E-state index contributed by atoms with van der Waals surface area (Å²) in [7, 11) is 1.31. The lowest BCUT2D eigenvalue weighted by atomic mass is 9.90. The lowest BCUT2D eigenvalue weighted by Crippen LogP contribution is -2.43. The van der Waals surface area contributed by atoms with Crippen molar-refractivity contribution in [1.29, 1.82) is 0 Å². The zero-order valence-electron chi connectivity index (χ0n) is 16.1. The van der Waals surface area contributed by atoms with Gasteiger partial charge in [0.05, 0.1) is 31.1 Å². The molecule has 1 saturated carbocycles. The number of ether oxygens (including phenoxy) is 1. The van der Waals surface area contributed by atoms with Crippen LogP contribution in [0.3, 0.4) is 0 Å². The first kappa shape index (κ1) is 19.7. The van der Waals surface area contributed by atoms with E-state index in [9.17, 15) is 9.59 Å². The Hall–Kier alpha value is -2.59. The number of hydrogen-bond acceptors (Lipinski definition) is 8. The molecule has 0 saturated heterocycles. The number of carbonyl (C=O) groups excluding carboxylic acids is 2. The molecule has 1 aliphatic carbocycles. The molecule has 3 aromatic rings. The predicted octanol–water partition coefficient (Wildman–Crippen LogP) is 3.47. The summed E-state index contributed by atoms with van der Waals surface area (Å²) < 4.78 is 6.38. The molecule has 152 valence electrons. The molecule has 10 heteroatoms. The molecule has 0 unspecified atom stereocenters. The number of hydrogen-bond donors (Lipinski definition) is 1. The van der Waals surface area contributed by atoms with Gasteiger partial charge in [0.15, 0.2) is 5.69 Å². The van der Waals surface area contributed by atoms with E-state index < -0.39 is 5.97 Å². The monoisotopic (exact) mass is 431 g/mol. The molecule has 0 spiro atoms. The topological polar surface area (TPSA) is 99.0 Å². The number of nitrogens with one attached hydrogen (secondary N) is 1. The number of esters is 1. The van der Waals surface area contributed by atoms with E-state index in [1.807, 2.05) is 23.8 Å². The van der Waals surface area contributed by atoms with E-state index in [0.29, 0.717) is 4.88 Å². The van der Waals surface area contributed by atoms with Crippen LogP contribution in [0.2, 0.25) is 0 Å². The molecular formula is C19H21N5O3S2. The van der Waals surface area contributed by atoms with Crippen LogP contribution in [0.15, 0.2) is 23.0 Å². The maximum atomic E-state index is 13.0. The van der Waals surface area contributed by atoms with Gasteiger partial charge in [0, 0.05) is 10.9 Å². The Balaban J connectivity index is 1.52. The number of thiophene rings is 1. The van der Waals surface area contributed by atoms with Crippen LogP contribution in [0.5, 0.6) is 0 Å². The second kappa shape index (κ2) is 8.42. The third-order valence-electron chi connectivity index (χ3n) is 5.06. The van der Waals surface area contributed by atoms with Gasteiger partial charge in [-0.15, -0.1) is 16.4 Å². The van der Waals surface area contributed by atoms with E-state index in [1.165, 1.54) is 18.4 Å². The second-order valence-corrected chi connectivity index (χ2v) is 8.73. The van der Waals surface area contributed by atoms with Crippen LogP contribution in [-0.2, 0) is 4.74 Å². The van der Waals surface area contributed by atoms with Crippen molar-refractivity contribution in [2.24, 2.45) is 0 Å². The molecule has 8 nitrogen and oxygen atoms in total. The first-order valence-electron chi connectivity index (χ1n) is 9.38. The molecular weight excluding hydrogens is 410 g/mol. The summed E-state index contributed by atoms with van der Waals surface area (Å²) >= 11 is 3.02. The first-order chi connectivity index (χ1) is 14.1. The van der Waals surface area contributed by atoms with Crippen LogP contribution < -0.4 is 5.32 Å². The molecule has 29 heavy (non-hydrogen) atoms. The highest BCUT2D eigenvalue weighted by Crippen LogP contribution is 2.31. The number of carbonyl (C=O) groups is 2. The largest absolute Gasteiger partial charge is 0.464 e. The normalized spacial score (nSPS) is 19.1. The Kier molecular flexibility index (Phi) is 5.72. The fourth-order valence-electron chi connectivity index (χ4n) is 3.58. The molecule has 3 heterocycles. The summed E-state index contributed by atoms with van der Waals surface area (Å²) in [6, 6.07) is 1.86. The number of methoxy groups -OCH3 is 1. The molecule has 4 rings (SSSR count). The molecule has 1 fully saturated rings. The van der Waals surface area contributed by atoms with E-state index in [1.54, 1.807) is 22.2 Å². The summed E-state index contributed by atoms with van der Waals surface area (Å²) in [5, 5.41) is 16.0. The zero-order valence-corrected chi connectivity index (χ0v) is 17.8. The summed E-state index contributed by atoms with van der Waals surface area (Å²) in [5.74, 6) is -0.638. The summed E-state index contributed by atoms with van der Waals surface area (Å²) in [6.45, 7) is 1.86. The van der Waals surface area contributed by atoms with E-state index >= 15 is 0 Å². The molecule has 2 atom stereocenters. The van der Waals surface area contributed by atoms with Crippen molar-refractivity contribution in [3.63, 3.8) is 0 Å². The summed E-state index contributed by atoms with van der Waals surface area (Å²) in [6.07, 6.45) is 5.36. The Morgan fingerprint density at radius 3 is 2.90 bits per heavy atom. The quantitative estimate of drug-likeness (QED) is 0.621. The molecule has 1 aliphatic rings. The van der Waals surface area contributed by atoms with Crippen molar-refractivity contribution in [2.75, 3.05) is 7.11 Å². The fraction of sp³-hybridized carbons (Fsp3) is 0.421. The maximum Gasteiger partial charge on any atom is 0.360 e. The van der Waals surface area contributed by atoms with Crippen LogP contribution in [0.25, 0.3) is 10.6 Å². The standard InChI is InChI=1S/C19H21N5O3S2/c1-11-16(29-18(20-11)12-7-8-28-10-12)17(25)21-13-5-3-4-6-15(13)24-9-14(22-23-24)19(26)27-2/h7-10,13,15H,3-6H2,1-2H3,(H,21,25)/t13-,15+/m1/s1. The predicted molar refractivity (Wildman–Crippen MR) is 110 cm³/mol. The van der Waals surface area contributed by atoms with Gasteiger partial charge in [-0.25, -0.2) is 14.5 Å². The molecule has 1 N–H and O–H groups in total. The minimum Gasteiger partial charge on any atom is -0.464 e. The lowest BCUT2D eigenvalue weighted by molar-refractivity contribution is 0.0593. The third-order valence-corrected chi connectivity index (χ3v) is 6.95.